The Bertz CT molecular complexity index is 451. The van der Waals surface area contributed by atoms with Crippen LogP contribution in [0.2, 0.25) is 0 Å². The Balaban J connectivity index is 2.42. The first kappa shape index (κ1) is 14.6. The summed E-state index contributed by atoms with van der Waals surface area (Å²) in [5, 5.41) is 10.6. The van der Waals surface area contributed by atoms with E-state index in [1.807, 2.05) is 12.1 Å². The highest BCUT2D eigenvalue weighted by atomic mass is 79.9. The third-order valence-electron chi connectivity index (χ3n) is 3.92. The maximum atomic E-state index is 10.6. The van der Waals surface area contributed by atoms with Crippen molar-refractivity contribution in [2.75, 3.05) is 21.3 Å². The van der Waals surface area contributed by atoms with Gasteiger partial charge in [0.1, 0.15) is 22.1 Å². The molecule has 1 unspecified atom stereocenters. The van der Waals surface area contributed by atoms with Crippen molar-refractivity contribution < 1.29 is 19.3 Å². The molecule has 1 atom stereocenters. The fourth-order valence-electron chi connectivity index (χ4n) is 2.53. The summed E-state index contributed by atoms with van der Waals surface area (Å²) in [5.74, 6) is 1.27. The van der Waals surface area contributed by atoms with Crippen molar-refractivity contribution >= 4 is 15.9 Å². The summed E-state index contributed by atoms with van der Waals surface area (Å²) in [4.78, 5) is 0. The Morgan fingerprint density at radius 1 is 1.21 bits per heavy atom. The van der Waals surface area contributed by atoms with Gasteiger partial charge in [0.05, 0.1) is 19.8 Å². The minimum Gasteiger partial charge on any atom is -0.495 e. The topological polar surface area (TPSA) is 47.9 Å². The van der Waals surface area contributed by atoms with Gasteiger partial charge >= 0.3 is 0 Å². The first-order valence-corrected chi connectivity index (χ1v) is 7.02. The van der Waals surface area contributed by atoms with Gasteiger partial charge in [0.2, 0.25) is 0 Å². The molecule has 1 fully saturated rings. The fraction of sp³-hybridized carbons (Fsp3) is 0.571. The number of hydrogen-bond donors (Lipinski definition) is 1. The van der Waals surface area contributed by atoms with Crippen LogP contribution >= 0.6 is 15.9 Å². The van der Waals surface area contributed by atoms with Crippen molar-refractivity contribution in [3.8, 4) is 11.5 Å². The lowest BCUT2D eigenvalue weighted by Crippen LogP contribution is -2.45. The second kappa shape index (κ2) is 5.69. The zero-order valence-electron chi connectivity index (χ0n) is 11.4. The van der Waals surface area contributed by atoms with E-state index in [9.17, 15) is 5.11 Å². The zero-order chi connectivity index (χ0) is 14.0. The average Bonchev–Trinajstić information content (AvgIpc) is 2.37. The van der Waals surface area contributed by atoms with Gasteiger partial charge in [-0.1, -0.05) is 0 Å². The van der Waals surface area contributed by atoms with E-state index in [0.717, 1.165) is 24.8 Å². The van der Waals surface area contributed by atoms with E-state index in [0.29, 0.717) is 16.0 Å². The predicted molar refractivity (Wildman–Crippen MR) is 75.8 cm³/mol. The molecule has 1 aliphatic carbocycles. The van der Waals surface area contributed by atoms with E-state index in [-0.39, 0.29) is 0 Å². The maximum Gasteiger partial charge on any atom is 0.142 e. The minimum atomic E-state index is -0.705. The Morgan fingerprint density at radius 2 is 1.89 bits per heavy atom. The Labute approximate surface area is 121 Å². The molecule has 1 aromatic carbocycles. The van der Waals surface area contributed by atoms with Crippen molar-refractivity contribution in [3.05, 3.63) is 22.2 Å². The summed E-state index contributed by atoms with van der Waals surface area (Å²) in [5.41, 5.74) is 0.234. The summed E-state index contributed by atoms with van der Waals surface area (Å²) in [6, 6.07) is 3.64. The third kappa shape index (κ3) is 2.35. The van der Waals surface area contributed by atoms with Crippen LogP contribution in [0.15, 0.2) is 16.6 Å². The van der Waals surface area contributed by atoms with E-state index < -0.39 is 11.7 Å². The van der Waals surface area contributed by atoms with Gasteiger partial charge < -0.3 is 19.3 Å². The van der Waals surface area contributed by atoms with Crippen LogP contribution in [0.5, 0.6) is 11.5 Å². The Hall–Kier alpha value is -0.780. The second-order valence-electron chi connectivity index (χ2n) is 4.73. The van der Waals surface area contributed by atoms with E-state index in [1.54, 1.807) is 21.3 Å². The molecule has 0 saturated heterocycles. The van der Waals surface area contributed by atoms with E-state index in [1.165, 1.54) is 0 Å². The van der Waals surface area contributed by atoms with Crippen LogP contribution in [-0.4, -0.2) is 32.0 Å². The summed E-state index contributed by atoms with van der Waals surface area (Å²) in [6.07, 6.45) is 2.09. The molecule has 4 nitrogen and oxygen atoms in total. The number of hydrogen-bond acceptors (Lipinski definition) is 4. The molecule has 5 heteroatoms. The normalized spacial score (nSPS) is 18.6. The molecule has 106 valence electrons. The SMILES string of the molecule is COc1ccc(C(O)C2(OC)CCC2)c(OC)c1Br. The van der Waals surface area contributed by atoms with Crippen LogP contribution in [-0.2, 0) is 4.74 Å². The number of benzene rings is 1. The summed E-state index contributed by atoms with van der Waals surface area (Å²) in [7, 11) is 4.82. The highest BCUT2D eigenvalue weighted by Gasteiger charge is 2.45. The Morgan fingerprint density at radius 3 is 2.32 bits per heavy atom. The largest absolute Gasteiger partial charge is 0.495 e. The zero-order valence-corrected chi connectivity index (χ0v) is 13.0. The van der Waals surface area contributed by atoms with Gasteiger partial charge in [-0.25, -0.2) is 0 Å². The molecule has 0 amide bonds. The van der Waals surface area contributed by atoms with Crippen LogP contribution < -0.4 is 9.47 Å². The monoisotopic (exact) mass is 330 g/mol. The van der Waals surface area contributed by atoms with Crippen LogP contribution in [0, 0.1) is 0 Å². The van der Waals surface area contributed by atoms with Crippen molar-refractivity contribution in [2.45, 2.75) is 31.0 Å². The third-order valence-corrected chi connectivity index (χ3v) is 4.67. The molecule has 0 aliphatic heterocycles. The first-order valence-electron chi connectivity index (χ1n) is 6.23. The molecule has 19 heavy (non-hydrogen) atoms. The molecular formula is C14H19BrO4. The lowest BCUT2D eigenvalue weighted by Gasteiger charge is -2.44. The van der Waals surface area contributed by atoms with Gasteiger partial charge in [0.15, 0.2) is 0 Å². The number of aliphatic hydroxyl groups excluding tert-OH is 1. The molecule has 1 aliphatic rings. The van der Waals surface area contributed by atoms with Crippen LogP contribution in [0.4, 0.5) is 0 Å². The molecule has 0 radical (unpaired) electrons. The summed E-state index contributed by atoms with van der Waals surface area (Å²) >= 11 is 3.45. The number of methoxy groups -OCH3 is 3. The average molecular weight is 331 g/mol. The van der Waals surface area contributed by atoms with Crippen molar-refractivity contribution in [2.24, 2.45) is 0 Å². The maximum absolute atomic E-state index is 10.6. The van der Waals surface area contributed by atoms with Gasteiger partial charge in [0, 0.05) is 12.7 Å². The molecular weight excluding hydrogens is 312 g/mol. The number of rotatable bonds is 5. The predicted octanol–water partition coefficient (Wildman–Crippen LogP) is 3.07. The standard InChI is InChI=1S/C14H19BrO4/c1-17-10-6-5-9(12(18-2)11(10)15)13(16)14(19-3)7-4-8-14/h5-6,13,16H,4,7-8H2,1-3H3. The quantitative estimate of drug-likeness (QED) is 0.901. The van der Waals surface area contributed by atoms with Crippen LogP contribution in [0.3, 0.4) is 0 Å². The van der Waals surface area contributed by atoms with E-state index in [4.69, 9.17) is 14.2 Å². The van der Waals surface area contributed by atoms with Crippen LogP contribution in [0.25, 0.3) is 0 Å². The van der Waals surface area contributed by atoms with Crippen molar-refractivity contribution in [3.63, 3.8) is 0 Å². The molecule has 1 aromatic rings. The first-order chi connectivity index (χ1) is 9.09. The molecule has 0 spiro atoms. The molecule has 0 bridgehead atoms. The highest BCUT2D eigenvalue weighted by Crippen LogP contribution is 2.49. The molecule has 2 rings (SSSR count). The molecule has 0 aromatic heterocycles. The van der Waals surface area contributed by atoms with Crippen LogP contribution in [0.1, 0.15) is 30.9 Å². The lowest BCUT2D eigenvalue weighted by molar-refractivity contribution is -0.152. The summed E-state index contributed by atoms with van der Waals surface area (Å²) < 4.78 is 16.9. The van der Waals surface area contributed by atoms with Gasteiger partial charge in [0.25, 0.3) is 0 Å². The van der Waals surface area contributed by atoms with Gasteiger partial charge in [-0.05, 0) is 47.3 Å². The van der Waals surface area contributed by atoms with E-state index >= 15 is 0 Å². The Kier molecular flexibility index (Phi) is 4.38. The number of ether oxygens (including phenoxy) is 3. The highest BCUT2D eigenvalue weighted by molar-refractivity contribution is 9.10. The summed E-state index contributed by atoms with van der Waals surface area (Å²) in [6.45, 7) is 0. The molecule has 1 N–H and O–H groups in total. The van der Waals surface area contributed by atoms with Gasteiger partial charge in [-0.3, -0.25) is 0 Å². The second-order valence-corrected chi connectivity index (χ2v) is 5.52. The minimum absolute atomic E-state index is 0.485. The lowest BCUT2D eigenvalue weighted by atomic mass is 9.73. The fourth-order valence-corrected chi connectivity index (χ4v) is 3.22. The van der Waals surface area contributed by atoms with Gasteiger partial charge in [-0.2, -0.15) is 0 Å². The number of halogens is 1. The molecule has 1 saturated carbocycles. The van der Waals surface area contributed by atoms with Gasteiger partial charge in [-0.15, -0.1) is 0 Å². The van der Waals surface area contributed by atoms with Crippen molar-refractivity contribution in [1.29, 1.82) is 0 Å². The molecule has 0 heterocycles. The van der Waals surface area contributed by atoms with Crippen molar-refractivity contribution in [1.82, 2.24) is 0 Å². The smallest absolute Gasteiger partial charge is 0.142 e. The number of aliphatic hydroxyl groups is 1. The van der Waals surface area contributed by atoms with E-state index in [2.05, 4.69) is 15.9 Å².